The molecule has 0 unspecified atom stereocenters. The van der Waals surface area contributed by atoms with E-state index in [4.69, 9.17) is 15.0 Å². The van der Waals surface area contributed by atoms with E-state index in [1.54, 1.807) is 12.1 Å². The van der Waals surface area contributed by atoms with E-state index in [-0.39, 0.29) is 11.6 Å². The van der Waals surface area contributed by atoms with Crippen LogP contribution in [0.2, 0.25) is 0 Å². The van der Waals surface area contributed by atoms with Crippen molar-refractivity contribution in [2.45, 2.75) is 6.92 Å². The van der Waals surface area contributed by atoms with Crippen molar-refractivity contribution in [1.82, 2.24) is 5.16 Å². The Hall–Kier alpha value is -2.17. The third kappa shape index (κ3) is 1.56. The van der Waals surface area contributed by atoms with E-state index in [0.29, 0.717) is 17.0 Å². The molecule has 0 aliphatic heterocycles. The van der Waals surface area contributed by atoms with E-state index in [2.05, 4.69) is 5.16 Å². The number of aromatic nitrogens is 1. The average Bonchev–Trinajstić information content (AvgIpc) is 2.65. The van der Waals surface area contributed by atoms with Crippen LogP contribution in [0.25, 0.3) is 11.3 Å². The average molecular weight is 220 g/mol. The van der Waals surface area contributed by atoms with Gasteiger partial charge in [0.25, 0.3) is 0 Å². The topological polar surface area (TPSA) is 81.5 Å². The van der Waals surface area contributed by atoms with Crippen LogP contribution in [0.1, 0.15) is 5.56 Å². The predicted molar refractivity (Wildman–Crippen MR) is 59.3 cm³/mol. The Labute approximate surface area is 92.4 Å². The van der Waals surface area contributed by atoms with Crippen LogP contribution in [0, 0.1) is 6.92 Å². The van der Waals surface area contributed by atoms with Crippen LogP contribution in [0.15, 0.2) is 22.7 Å². The highest BCUT2D eigenvalue weighted by atomic mass is 16.5. The molecule has 1 aromatic heterocycles. The molecule has 0 aliphatic carbocycles. The number of ether oxygens (including phenoxy) is 1. The number of nitrogens with two attached hydrogens (primary N) is 1. The molecule has 0 fully saturated rings. The predicted octanol–water partition coefficient (Wildman–Crippen LogP) is 1.95. The molecular weight excluding hydrogens is 208 g/mol. The fourth-order valence-electron chi connectivity index (χ4n) is 1.55. The highest BCUT2D eigenvalue weighted by molar-refractivity contribution is 5.72. The first-order valence-electron chi connectivity index (χ1n) is 4.72. The van der Waals surface area contributed by atoms with Crippen LogP contribution in [-0.4, -0.2) is 17.4 Å². The first-order chi connectivity index (χ1) is 7.63. The third-order valence-electron chi connectivity index (χ3n) is 2.34. The molecule has 2 aromatic rings. The van der Waals surface area contributed by atoms with E-state index < -0.39 is 0 Å². The SMILES string of the molecule is COc1c(C)ccc(-c2cc(N)on2)c1O. The van der Waals surface area contributed by atoms with Gasteiger partial charge in [0, 0.05) is 11.6 Å². The first kappa shape index (κ1) is 10.4. The second kappa shape index (κ2) is 3.77. The molecule has 3 N–H and O–H groups in total. The Morgan fingerprint density at radius 2 is 2.19 bits per heavy atom. The summed E-state index contributed by atoms with van der Waals surface area (Å²) in [5.74, 6) is 0.670. The number of hydrogen-bond acceptors (Lipinski definition) is 5. The second-order valence-corrected chi connectivity index (χ2v) is 3.43. The van der Waals surface area contributed by atoms with Crippen molar-refractivity contribution in [3.8, 4) is 22.8 Å². The van der Waals surface area contributed by atoms with Crippen molar-refractivity contribution >= 4 is 5.88 Å². The molecule has 0 bridgehead atoms. The molecule has 16 heavy (non-hydrogen) atoms. The maximum atomic E-state index is 9.98. The number of nitrogen functional groups attached to an aromatic ring is 1. The van der Waals surface area contributed by atoms with E-state index in [9.17, 15) is 5.11 Å². The van der Waals surface area contributed by atoms with Gasteiger partial charge in [0.2, 0.25) is 5.88 Å². The highest BCUT2D eigenvalue weighted by Crippen LogP contribution is 2.39. The molecule has 0 aliphatic rings. The molecule has 0 amide bonds. The standard InChI is InChI=1S/C11H12N2O3/c1-6-3-4-7(10(14)11(6)15-2)8-5-9(12)16-13-8/h3-5,14H,12H2,1-2H3. The van der Waals surface area contributed by atoms with Crippen molar-refractivity contribution in [3.05, 3.63) is 23.8 Å². The van der Waals surface area contributed by atoms with Gasteiger partial charge in [-0.25, -0.2) is 0 Å². The van der Waals surface area contributed by atoms with Gasteiger partial charge in [-0.2, -0.15) is 0 Å². The fraction of sp³-hybridized carbons (Fsp3) is 0.182. The molecule has 5 heteroatoms. The van der Waals surface area contributed by atoms with Gasteiger partial charge in [-0.1, -0.05) is 11.2 Å². The number of benzene rings is 1. The van der Waals surface area contributed by atoms with Crippen molar-refractivity contribution in [1.29, 1.82) is 0 Å². The van der Waals surface area contributed by atoms with Gasteiger partial charge in [0.15, 0.2) is 11.5 Å². The zero-order valence-corrected chi connectivity index (χ0v) is 9.02. The van der Waals surface area contributed by atoms with Crippen molar-refractivity contribution in [3.63, 3.8) is 0 Å². The summed E-state index contributed by atoms with van der Waals surface area (Å²) in [4.78, 5) is 0. The monoisotopic (exact) mass is 220 g/mol. The Balaban J connectivity index is 2.58. The Morgan fingerprint density at radius 1 is 1.44 bits per heavy atom. The van der Waals surface area contributed by atoms with E-state index in [1.807, 2.05) is 13.0 Å². The van der Waals surface area contributed by atoms with Gasteiger partial charge in [0.1, 0.15) is 5.69 Å². The maximum Gasteiger partial charge on any atom is 0.222 e. The van der Waals surface area contributed by atoms with Gasteiger partial charge < -0.3 is 20.1 Å². The number of phenolic OH excluding ortho intramolecular Hbond substituents is 1. The van der Waals surface area contributed by atoms with Crippen LogP contribution in [0.4, 0.5) is 5.88 Å². The third-order valence-corrected chi connectivity index (χ3v) is 2.34. The summed E-state index contributed by atoms with van der Waals surface area (Å²) >= 11 is 0. The van der Waals surface area contributed by atoms with Crippen molar-refractivity contribution < 1.29 is 14.4 Å². The number of hydrogen-bond donors (Lipinski definition) is 2. The summed E-state index contributed by atoms with van der Waals surface area (Å²) in [6.45, 7) is 1.85. The molecule has 1 aromatic carbocycles. The molecular formula is C11H12N2O3. The Kier molecular flexibility index (Phi) is 2.44. The number of methoxy groups -OCH3 is 1. The van der Waals surface area contributed by atoms with E-state index >= 15 is 0 Å². The number of anilines is 1. The molecule has 84 valence electrons. The first-order valence-corrected chi connectivity index (χ1v) is 4.72. The summed E-state index contributed by atoms with van der Waals surface area (Å²) in [6.07, 6.45) is 0. The van der Waals surface area contributed by atoms with E-state index in [1.165, 1.54) is 7.11 Å². The summed E-state index contributed by atoms with van der Waals surface area (Å²) in [6, 6.07) is 5.12. The van der Waals surface area contributed by atoms with E-state index in [0.717, 1.165) is 5.56 Å². The van der Waals surface area contributed by atoms with Gasteiger partial charge in [-0.05, 0) is 18.6 Å². The smallest absolute Gasteiger partial charge is 0.222 e. The van der Waals surface area contributed by atoms with Crippen LogP contribution in [-0.2, 0) is 0 Å². The minimum atomic E-state index is 0.0378. The Bertz CT molecular complexity index is 520. The molecule has 0 radical (unpaired) electrons. The lowest BCUT2D eigenvalue weighted by molar-refractivity contribution is 0.371. The van der Waals surface area contributed by atoms with Crippen molar-refractivity contribution in [2.24, 2.45) is 0 Å². The van der Waals surface area contributed by atoms with Crippen LogP contribution in [0.3, 0.4) is 0 Å². The minimum absolute atomic E-state index is 0.0378. The van der Waals surface area contributed by atoms with Crippen LogP contribution in [0.5, 0.6) is 11.5 Å². The van der Waals surface area contributed by atoms with Crippen molar-refractivity contribution in [2.75, 3.05) is 12.8 Å². The molecule has 0 spiro atoms. The fourth-order valence-corrected chi connectivity index (χ4v) is 1.55. The molecule has 2 rings (SSSR count). The number of aromatic hydroxyl groups is 1. The normalized spacial score (nSPS) is 10.4. The zero-order chi connectivity index (χ0) is 11.7. The molecule has 0 saturated heterocycles. The lowest BCUT2D eigenvalue weighted by Gasteiger charge is -2.09. The quantitative estimate of drug-likeness (QED) is 0.808. The summed E-state index contributed by atoms with van der Waals surface area (Å²) < 4.78 is 9.86. The number of phenols is 1. The molecule has 5 nitrogen and oxygen atoms in total. The largest absolute Gasteiger partial charge is 0.504 e. The number of rotatable bonds is 2. The number of nitrogens with zero attached hydrogens (tertiary/aromatic N) is 1. The summed E-state index contributed by atoms with van der Waals surface area (Å²) in [5.41, 5.74) is 7.28. The van der Waals surface area contributed by atoms with Crippen LogP contribution < -0.4 is 10.5 Å². The zero-order valence-electron chi connectivity index (χ0n) is 9.02. The van der Waals surface area contributed by atoms with Gasteiger partial charge in [-0.3, -0.25) is 0 Å². The lowest BCUT2D eigenvalue weighted by Crippen LogP contribution is -1.90. The summed E-state index contributed by atoms with van der Waals surface area (Å²) in [7, 11) is 1.50. The highest BCUT2D eigenvalue weighted by Gasteiger charge is 2.15. The molecule has 1 heterocycles. The Morgan fingerprint density at radius 3 is 2.75 bits per heavy atom. The minimum Gasteiger partial charge on any atom is -0.504 e. The second-order valence-electron chi connectivity index (χ2n) is 3.43. The molecule has 0 atom stereocenters. The summed E-state index contributed by atoms with van der Waals surface area (Å²) in [5, 5.41) is 13.7. The number of aryl methyl sites for hydroxylation is 1. The van der Waals surface area contributed by atoms with Gasteiger partial charge in [-0.15, -0.1) is 0 Å². The van der Waals surface area contributed by atoms with Gasteiger partial charge in [0.05, 0.1) is 7.11 Å². The van der Waals surface area contributed by atoms with Crippen LogP contribution >= 0.6 is 0 Å². The lowest BCUT2D eigenvalue weighted by atomic mass is 10.1. The van der Waals surface area contributed by atoms with Gasteiger partial charge >= 0.3 is 0 Å². The maximum absolute atomic E-state index is 9.98. The molecule has 0 saturated carbocycles.